The van der Waals surface area contributed by atoms with Gasteiger partial charge in [0, 0.05) is 6.54 Å². The second-order valence-electron chi connectivity index (χ2n) is 4.17. The third kappa shape index (κ3) is 1.93. The minimum atomic E-state index is -1.19. The number of hydrogen-bond donors (Lipinski definition) is 1. The van der Waals surface area contributed by atoms with Gasteiger partial charge in [0.1, 0.15) is 0 Å². The molecule has 0 aromatic heterocycles. The molecule has 0 atom stereocenters. The number of rotatable bonds is 2. The first kappa shape index (κ1) is 12.8. The number of hydrogen-bond acceptors (Lipinski definition) is 3. The van der Waals surface area contributed by atoms with Crippen LogP contribution >= 0.6 is 11.6 Å². The molecule has 1 aromatic rings. The molecule has 0 spiro atoms. The van der Waals surface area contributed by atoms with Crippen molar-refractivity contribution in [3.63, 3.8) is 0 Å². The lowest BCUT2D eigenvalue weighted by Gasteiger charge is -2.16. The van der Waals surface area contributed by atoms with E-state index in [0.717, 1.165) is 16.8 Å². The first-order valence-corrected chi connectivity index (χ1v) is 6.03. The van der Waals surface area contributed by atoms with Crippen molar-refractivity contribution in [2.75, 3.05) is 11.4 Å². The highest BCUT2D eigenvalue weighted by Crippen LogP contribution is 2.41. The van der Waals surface area contributed by atoms with Gasteiger partial charge in [-0.3, -0.25) is 0 Å². The number of aryl methyl sites for hydroxylation is 2. The van der Waals surface area contributed by atoms with Crippen molar-refractivity contribution in [3.8, 4) is 5.75 Å². The van der Waals surface area contributed by atoms with Crippen molar-refractivity contribution >= 4 is 23.3 Å². The number of carboxylic acid groups (broad SMARTS) is 1. The van der Waals surface area contributed by atoms with E-state index in [1.807, 2.05) is 32.9 Å². The first-order chi connectivity index (χ1) is 8.45. The standard InChI is InChI=1S/C13H14ClNO3/c1-4-15-9-5-7(2)8(3)6-10(9)18-12(15)11(14)13(16)17/h5-6H,4H2,1-3H3,(H,16,17). The number of anilines is 1. The number of benzene rings is 1. The molecule has 0 saturated heterocycles. The highest BCUT2D eigenvalue weighted by molar-refractivity contribution is 6.41. The predicted octanol–water partition coefficient (Wildman–Crippen LogP) is 3.01. The third-order valence-corrected chi connectivity index (χ3v) is 3.33. The Kier molecular flexibility index (Phi) is 3.22. The van der Waals surface area contributed by atoms with Gasteiger partial charge in [0.25, 0.3) is 0 Å². The molecule has 0 bridgehead atoms. The molecule has 0 radical (unpaired) electrons. The summed E-state index contributed by atoms with van der Waals surface area (Å²) in [6.45, 7) is 6.49. The van der Waals surface area contributed by atoms with Crippen molar-refractivity contribution < 1.29 is 14.6 Å². The van der Waals surface area contributed by atoms with Gasteiger partial charge in [-0.25, -0.2) is 4.79 Å². The van der Waals surface area contributed by atoms with Gasteiger partial charge in [0.2, 0.25) is 5.88 Å². The molecule has 1 aromatic carbocycles. The van der Waals surface area contributed by atoms with Crippen LogP contribution in [-0.4, -0.2) is 17.6 Å². The zero-order valence-corrected chi connectivity index (χ0v) is 11.2. The monoisotopic (exact) mass is 267 g/mol. The number of halogens is 1. The highest BCUT2D eigenvalue weighted by atomic mass is 35.5. The molecule has 0 saturated carbocycles. The second-order valence-corrected chi connectivity index (χ2v) is 4.55. The lowest BCUT2D eigenvalue weighted by Crippen LogP contribution is -2.22. The summed E-state index contributed by atoms with van der Waals surface area (Å²) in [5.74, 6) is -0.354. The maximum Gasteiger partial charge on any atom is 0.352 e. The van der Waals surface area contributed by atoms with Crippen molar-refractivity contribution in [2.45, 2.75) is 20.8 Å². The molecular weight excluding hydrogens is 254 g/mol. The maximum absolute atomic E-state index is 10.9. The van der Waals surface area contributed by atoms with Gasteiger partial charge in [-0.2, -0.15) is 0 Å². The number of fused-ring (bicyclic) bond motifs is 1. The van der Waals surface area contributed by atoms with Gasteiger partial charge in [-0.1, -0.05) is 11.6 Å². The van der Waals surface area contributed by atoms with Gasteiger partial charge in [-0.15, -0.1) is 0 Å². The molecule has 0 fully saturated rings. The number of nitrogens with zero attached hydrogens (tertiary/aromatic N) is 1. The normalized spacial score (nSPS) is 16.3. The Balaban J connectivity index is 2.56. The van der Waals surface area contributed by atoms with Gasteiger partial charge in [-0.05, 0) is 44.0 Å². The Morgan fingerprint density at radius 2 is 2.00 bits per heavy atom. The predicted molar refractivity (Wildman–Crippen MR) is 70.1 cm³/mol. The van der Waals surface area contributed by atoms with E-state index in [0.29, 0.717) is 12.3 Å². The van der Waals surface area contributed by atoms with Crippen LogP contribution in [0.1, 0.15) is 18.1 Å². The highest BCUT2D eigenvalue weighted by Gasteiger charge is 2.30. The van der Waals surface area contributed by atoms with Gasteiger partial charge in [0.05, 0.1) is 5.69 Å². The number of aliphatic carboxylic acids is 1. The zero-order valence-electron chi connectivity index (χ0n) is 10.5. The summed E-state index contributed by atoms with van der Waals surface area (Å²) in [5, 5.41) is 8.64. The van der Waals surface area contributed by atoms with Crippen LogP contribution in [0.2, 0.25) is 0 Å². The fourth-order valence-electron chi connectivity index (χ4n) is 1.90. The Labute approximate surface area is 110 Å². The average Bonchev–Trinajstić information content (AvgIpc) is 2.66. The molecule has 4 nitrogen and oxygen atoms in total. The lowest BCUT2D eigenvalue weighted by atomic mass is 10.1. The molecule has 1 N–H and O–H groups in total. The SMILES string of the molecule is CCN1C(=C(Cl)C(=O)O)Oc2cc(C)c(C)cc21. The maximum atomic E-state index is 10.9. The van der Waals surface area contributed by atoms with E-state index in [-0.39, 0.29) is 10.9 Å². The molecule has 0 unspecified atom stereocenters. The van der Waals surface area contributed by atoms with E-state index in [9.17, 15) is 4.79 Å². The van der Waals surface area contributed by atoms with E-state index >= 15 is 0 Å². The quantitative estimate of drug-likeness (QED) is 0.837. The van der Waals surface area contributed by atoms with Gasteiger partial charge >= 0.3 is 5.97 Å². The Bertz CT molecular complexity index is 551. The van der Waals surface area contributed by atoms with Crippen LogP contribution in [-0.2, 0) is 4.79 Å². The zero-order chi connectivity index (χ0) is 13.4. The first-order valence-electron chi connectivity index (χ1n) is 5.65. The topological polar surface area (TPSA) is 49.8 Å². The summed E-state index contributed by atoms with van der Waals surface area (Å²) in [6, 6.07) is 3.87. The van der Waals surface area contributed by atoms with Crippen LogP contribution in [0.25, 0.3) is 0 Å². The van der Waals surface area contributed by atoms with Crippen LogP contribution in [0.3, 0.4) is 0 Å². The van der Waals surface area contributed by atoms with Crippen molar-refractivity contribution in [1.82, 2.24) is 0 Å². The Morgan fingerprint density at radius 1 is 1.39 bits per heavy atom. The van der Waals surface area contributed by atoms with Crippen molar-refractivity contribution in [3.05, 3.63) is 34.2 Å². The van der Waals surface area contributed by atoms with Crippen LogP contribution in [0.4, 0.5) is 5.69 Å². The van der Waals surface area contributed by atoms with E-state index in [1.165, 1.54) is 0 Å². The van der Waals surface area contributed by atoms with Crippen molar-refractivity contribution in [1.29, 1.82) is 0 Å². The molecule has 5 heteroatoms. The Morgan fingerprint density at radius 3 is 2.56 bits per heavy atom. The van der Waals surface area contributed by atoms with Gasteiger partial charge < -0.3 is 14.7 Å². The number of ether oxygens (including phenoxy) is 1. The lowest BCUT2D eigenvalue weighted by molar-refractivity contribution is -0.132. The molecule has 1 heterocycles. The van der Waals surface area contributed by atoms with Crippen LogP contribution in [0.5, 0.6) is 5.75 Å². The Hall–Kier alpha value is -1.68. The smallest absolute Gasteiger partial charge is 0.352 e. The van der Waals surface area contributed by atoms with Crippen LogP contribution in [0, 0.1) is 13.8 Å². The average molecular weight is 268 g/mol. The molecule has 96 valence electrons. The van der Waals surface area contributed by atoms with Crippen molar-refractivity contribution in [2.24, 2.45) is 0 Å². The molecular formula is C13H14ClNO3. The summed E-state index contributed by atoms with van der Waals surface area (Å²) in [6.07, 6.45) is 0. The van der Waals surface area contributed by atoms with E-state index in [4.69, 9.17) is 21.4 Å². The fourth-order valence-corrected chi connectivity index (χ4v) is 2.05. The second kappa shape index (κ2) is 4.53. The third-order valence-electron chi connectivity index (χ3n) is 3.01. The summed E-state index contributed by atoms with van der Waals surface area (Å²) in [4.78, 5) is 12.7. The van der Waals surface area contributed by atoms with E-state index in [1.54, 1.807) is 4.90 Å². The summed E-state index contributed by atoms with van der Waals surface area (Å²) in [7, 11) is 0. The van der Waals surface area contributed by atoms with Gasteiger partial charge in [0.15, 0.2) is 10.8 Å². The molecule has 0 aliphatic carbocycles. The molecule has 0 amide bonds. The molecule has 1 aliphatic rings. The molecule has 18 heavy (non-hydrogen) atoms. The molecule has 2 rings (SSSR count). The van der Waals surface area contributed by atoms with E-state index < -0.39 is 5.97 Å². The fraction of sp³-hybridized carbons (Fsp3) is 0.308. The largest absolute Gasteiger partial charge is 0.477 e. The summed E-state index contributed by atoms with van der Waals surface area (Å²) < 4.78 is 5.56. The van der Waals surface area contributed by atoms with E-state index in [2.05, 4.69) is 0 Å². The van der Waals surface area contributed by atoms with Crippen LogP contribution < -0.4 is 9.64 Å². The number of carbonyl (C=O) groups is 1. The summed E-state index contributed by atoms with van der Waals surface area (Å²) in [5.41, 5.74) is 3.08. The summed E-state index contributed by atoms with van der Waals surface area (Å²) >= 11 is 5.78. The van der Waals surface area contributed by atoms with Crippen LogP contribution in [0.15, 0.2) is 23.0 Å². The number of carboxylic acids is 1. The molecule has 1 aliphatic heterocycles. The minimum absolute atomic E-state index is 0.187. The minimum Gasteiger partial charge on any atom is -0.477 e.